The predicted octanol–water partition coefficient (Wildman–Crippen LogP) is 5.26. The van der Waals surface area contributed by atoms with E-state index in [1.807, 2.05) is 25.3 Å². The number of hydrogen-bond donors (Lipinski definition) is 0. The maximum atomic E-state index is 4.60. The Kier molecular flexibility index (Phi) is 4.69. The molecule has 1 aromatic rings. The second-order valence-electron chi connectivity index (χ2n) is 6.47. The Balaban J connectivity index is 2.35. The van der Waals surface area contributed by atoms with Crippen molar-refractivity contribution in [3.63, 3.8) is 0 Å². The molecule has 0 amide bonds. The Bertz CT molecular complexity index is 542. The fourth-order valence-electron chi connectivity index (χ4n) is 2.38. The van der Waals surface area contributed by atoms with Crippen LogP contribution in [0.1, 0.15) is 38.7 Å². The molecule has 3 heteroatoms. The third-order valence-corrected chi connectivity index (χ3v) is 4.20. The quantitative estimate of drug-likeness (QED) is 0.543. The van der Waals surface area contributed by atoms with Crippen LogP contribution in [0.3, 0.4) is 0 Å². The summed E-state index contributed by atoms with van der Waals surface area (Å²) in [5.41, 5.74) is 4.17. The van der Waals surface area contributed by atoms with Crippen molar-refractivity contribution < 1.29 is 0 Å². The molecule has 0 fully saturated rings. The molecular weight excluding hydrogens is 312 g/mol. The zero-order valence-electron chi connectivity index (χ0n) is 12.8. The molecule has 1 aliphatic rings. The lowest BCUT2D eigenvalue weighted by Crippen LogP contribution is -2.14. The van der Waals surface area contributed by atoms with Crippen molar-refractivity contribution in [3.05, 3.63) is 34.3 Å². The van der Waals surface area contributed by atoms with Crippen LogP contribution in [0, 0.1) is 5.41 Å². The molecule has 0 atom stereocenters. The fourth-order valence-corrected chi connectivity index (χ4v) is 2.74. The highest BCUT2D eigenvalue weighted by Crippen LogP contribution is 2.41. The van der Waals surface area contributed by atoms with Crippen molar-refractivity contribution in [3.8, 4) is 0 Å². The fraction of sp³-hybridized carbons (Fsp3) is 0.471. The first-order valence-corrected chi connectivity index (χ1v) is 7.86. The van der Waals surface area contributed by atoms with E-state index in [0.717, 1.165) is 23.0 Å². The molecule has 0 unspecified atom stereocenters. The second kappa shape index (κ2) is 6.13. The smallest absolute Gasteiger partial charge is 0.0907 e. The maximum Gasteiger partial charge on any atom is 0.0907 e. The minimum atomic E-state index is 0.433. The molecule has 2 rings (SSSR count). The lowest BCUT2D eigenvalue weighted by atomic mass is 9.77. The summed E-state index contributed by atoms with van der Waals surface area (Å²) in [6.45, 7) is 4.68. The average molecular weight is 335 g/mol. The average Bonchev–Trinajstić information content (AvgIpc) is 2.37. The molecule has 1 aromatic carbocycles. The minimum Gasteiger partial charge on any atom is -0.369 e. The first-order valence-electron chi connectivity index (χ1n) is 7.07. The molecule has 108 valence electrons. The Morgan fingerprint density at radius 2 is 2.05 bits per heavy atom. The number of rotatable bonds is 3. The highest BCUT2D eigenvalue weighted by Gasteiger charge is 2.22. The molecule has 0 saturated heterocycles. The van der Waals surface area contributed by atoms with E-state index in [4.69, 9.17) is 0 Å². The molecule has 0 saturated carbocycles. The molecule has 0 aromatic heterocycles. The van der Waals surface area contributed by atoms with E-state index in [1.165, 1.54) is 17.6 Å². The van der Waals surface area contributed by atoms with Crippen LogP contribution >= 0.6 is 15.9 Å². The Morgan fingerprint density at radius 3 is 2.65 bits per heavy atom. The van der Waals surface area contributed by atoms with Gasteiger partial charge in [-0.3, -0.25) is 0 Å². The molecule has 20 heavy (non-hydrogen) atoms. The van der Waals surface area contributed by atoms with Crippen LogP contribution in [0.15, 0.2) is 33.7 Å². The number of benzene rings is 1. The van der Waals surface area contributed by atoms with E-state index in [2.05, 4.69) is 59.0 Å². The Hall–Kier alpha value is -1.09. The first-order chi connectivity index (χ1) is 9.37. The zero-order valence-corrected chi connectivity index (χ0v) is 14.4. The normalized spacial score (nSPS) is 18.1. The van der Waals surface area contributed by atoms with Crippen molar-refractivity contribution in [1.82, 2.24) is 4.90 Å². The van der Waals surface area contributed by atoms with Gasteiger partial charge in [0.25, 0.3) is 0 Å². The number of allylic oxidation sites excluding steroid dienone is 2. The van der Waals surface area contributed by atoms with Crippen LogP contribution in [0.4, 0.5) is 5.69 Å². The molecule has 0 radical (unpaired) electrons. The molecule has 0 spiro atoms. The van der Waals surface area contributed by atoms with Gasteiger partial charge >= 0.3 is 0 Å². The SMILES string of the molecule is CN(C)/C=N\c1ccc(Br)cc1C1=CCC(C)(C)CC1. The lowest BCUT2D eigenvalue weighted by molar-refractivity contribution is 0.335. The predicted molar refractivity (Wildman–Crippen MR) is 91.6 cm³/mol. The minimum absolute atomic E-state index is 0.433. The van der Waals surface area contributed by atoms with Crippen LogP contribution in [-0.4, -0.2) is 25.3 Å². The van der Waals surface area contributed by atoms with E-state index >= 15 is 0 Å². The van der Waals surface area contributed by atoms with E-state index in [-0.39, 0.29) is 0 Å². The van der Waals surface area contributed by atoms with Crippen LogP contribution in [0.2, 0.25) is 0 Å². The summed E-state index contributed by atoms with van der Waals surface area (Å²) < 4.78 is 1.11. The van der Waals surface area contributed by atoms with Crippen LogP contribution in [-0.2, 0) is 0 Å². The van der Waals surface area contributed by atoms with E-state index in [0.29, 0.717) is 5.41 Å². The topological polar surface area (TPSA) is 15.6 Å². The van der Waals surface area contributed by atoms with Gasteiger partial charge < -0.3 is 4.90 Å². The summed E-state index contributed by atoms with van der Waals surface area (Å²) in [6.07, 6.45) is 7.77. The van der Waals surface area contributed by atoms with Gasteiger partial charge in [-0.1, -0.05) is 35.9 Å². The van der Waals surface area contributed by atoms with Gasteiger partial charge in [-0.25, -0.2) is 4.99 Å². The van der Waals surface area contributed by atoms with Crippen molar-refractivity contribution in [2.75, 3.05) is 14.1 Å². The largest absolute Gasteiger partial charge is 0.369 e. The van der Waals surface area contributed by atoms with Gasteiger partial charge in [0, 0.05) is 24.1 Å². The number of hydrogen-bond acceptors (Lipinski definition) is 1. The Morgan fingerprint density at radius 1 is 1.30 bits per heavy atom. The third-order valence-electron chi connectivity index (χ3n) is 3.70. The summed E-state index contributed by atoms with van der Waals surface area (Å²) in [5.74, 6) is 0. The molecule has 0 aliphatic heterocycles. The van der Waals surface area contributed by atoms with E-state index < -0.39 is 0 Å². The molecule has 2 nitrogen and oxygen atoms in total. The third kappa shape index (κ3) is 3.95. The molecule has 1 aliphatic carbocycles. The standard InChI is InChI=1S/C17H23BrN2/c1-17(2)9-7-13(8-10-17)15-11-14(18)5-6-16(15)19-12-20(3)4/h5-7,11-12H,8-10H2,1-4H3/b19-12-. The van der Waals surface area contributed by atoms with Crippen molar-refractivity contribution in [2.45, 2.75) is 33.1 Å². The van der Waals surface area contributed by atoms with Crippen LogP contribution in [0.5, 0.6) is 0 Å². The van der Waals surface area contributed by atoms with Crippen LogP contribution < -0.4 is 0 Å². The van der Waals surface area contributed by atoms with Gasteiger partial charge in [-0.2, -0.15) is 0 Å². The summed E-state index contributed by atoms with van der Waals surface area (Å²) in [5, 5.41) is 0. The lowest BCUT2D eigenvalue weighted by Gasteiger charge is -2.29. The molecule has 0 heterocycles. The second-order valence-corrected chi connectivity index (χ2v) is 7.38. The summed E-state index contributed by atoms with van der Waals surface area (Å²) in [6, 6.07) is 6.33. The van der Waals surface area contributed by atoms with E-state index in [1.54, 1.807) is 0 Å². The van der Waals surface area contributed by atoms with Crippen molar-refractivity contribution in [2.24, 2.45) is 10.4 Å². The van der Waals surface area contributed by atoms with Crippen LogP contribution in [0.25, 0.3) is 5.57 Å². The zero-order chi connectivity index (χ0) is 14.8. The summed E-state index contributed by atoms with van der Waals surface area (Å²) >= 11 is 3.58. The van der Waals surface area contributed by atoms with E-state index in [9.17, 15) is 0 Å². The maximum absolute atomic E-state index is 4.60. The molecule has 0 bridgehead atoms. The first kappa shape index (κ1) is 15.3. The Labute approximate surface area is 130 Å². The number of aliphatic imine (C=N–C) groups is 1. The summed E-state index contributed by atoms with van der Waals surface area (Å²) in [7, 11) is 3.98. The molecular formula is C17H23BrN2. The number of nitrogens with zero attached hydrogens (tertiary/aromatic N) is 2. The highest BCUT2D eigenvalue weighted by molar-refractivity contribution is 9.10. The summed E-state index contributed by atoms with van der Waals surface area (Å²) in [4.78, 5) is 6.56. The van der Waals surface area contributed by atoms with Crippen molar-refractivity contribution in [1.29, 1.82) is 0 Å². The van der Waals surface area contributed by atoms with Gasteiger partial charge in [0.05, 0.1) is 12.0 Å². The van der Waals surface area contributed by atoms with Gasteiger partial charge in [0.1, 0.15) is 0 Å². The highest BCUT2D eigenvalue weighted by atomic mass is 79.9. The van der Waals surface area contributed by atoms with Gasteiger partial charge in [-0.05, 0) is 48.4 Å². The molecule has 0 N–H and O–H groups in total. The number of halogens is 1. The van der Waals surface area contributed by atoms with Gasteiger partial charge in [0.2, 0.25) is 0 Å². The monoisotopic (exact) mass is 334 g/mol. The van der Waals surface area contributed by atoms with Gasteiger partial charge in [-0.15, -0.1) is 0 Å². The van der Waals surface area contributed by atoms with Crippen molar-refractivity contribution >= 4 is 33.5 Å². The van der Waals surface area contributed by atoms with Gasteiger partial charge in [0.15, 0.2) is 0 Å².